The Balaban J connectivity index is 1.83. The maximum atomic E-state index is 14.7. The predicted octanol–water partition coefficient (Wildman–Crippen LogP) is 5.29. The lowest BCUT2D eigenvalue weighted by atomic mass is 10.0. The van der Waals surface area contributed by atoms with Crippen molar-refractivity contribution in [1.29, 1.82) is 5.26 Å². The van der Waals surface area contributed by atoms with Crippen molar-refractivity contribution in [3.63, 3.8) is 0 Å². The largest absolute Gasteiger partial charge is 0.466 e. The van der Waals surface area contributed by atoms with Gasteiger partial charge in [0.05, 0.1) is 18.7 Å². The summed E-state index contributed by atoms with van der Waals surface area (Å²) in [5, 5.41) is 9.28. The Morgan fingerprint density at radius 3 is 2.42 bits per heavy atom. The van der Waals surface area contributed by atoms with E-state index in [1.807, 2.05) is 45.0 Å². The summed E-state index contributed by atoms with van der Waals surface area (Å²) in [6, 6.07) is 14.1. The third-order valence-electron chi connectivity index (χ3n) is 5.91. The molecule has 0 aromatic heterocycles. The SMILES string of the molecule is COC(=O)C=Cc1ccc(N(Cc2cc(C#N)ccc2F)C2CCN(C(=O)OC(C)(C)C)CC2)cc1. The van der Waals surface area contributed by atoms with Gasteiger partial charge in [-0.3, -0.25) is 0 Å². The standard InChI is InChI=1S/C28H32FN3O4/c1-28(2,3)36-27(34)31-15-13-24(14-16-31)32(19-22-17-21(18-30)7-11-25(22)29)23-9-5-20(6-10-23)8-12-26(33)35-4/h5-12,17,24H,13-16,19H2,1-4H3. The highest BCUT2D eigenvalue weighted by atomic mass is 19.1. The molecule has 0 unspecified atom stereocenters. The van der Waals surface area contributed by atoms with E-state index in [9.17, 15) is 19.2 Å². The van der Waals surface area contributed by atoms with Gasteiger partial charge < -0.3 is 19.3 Å². The molecule has 0 N–H and O–H groups in total. The second-order valence-corrected chi connectivity index (χ2v) is 9.69. The Bertz CT molecular complexity index is 1140. The smallest absolute Gasteiger partial charge is 0.410 e. The molecule has 8 heteroatoms. The number of methoxy groups -OCH3 is 1. The zero-order valence-electron chi connectivity index (χ0n) is 21.2. The number of nitrogens with zero attached hydrogens (tertiary/aromatic N) is 3. The zero-order chi connectivity index (χ0) is 26.3. The molecule has 2 aromatic carbocycles. The first-order chi connectivity index (χ1) is 17.1. The fourth-order valence-electron chi connectivity index (χ4n) is 4.08. The van der Waals surface area contributed by atoms with Gasteiger partial charge >= 0.3 is 12.1 Å². The summed E-state index contributed by atoms with van der Waals surface area (Å²) in [5.74, 6) is -0.812. The average molecular weight is 494 g/mol. The Morgan fingerprint density at radius 2 is 1.83 bits per heavy atom. The highest BCUT2D eigenvalue weighted by molar-refractivity contribution is 5.87. The number of likely N-dealkylation sites (tertiary alicyclic amines) is 1. The maximum absolute atomic E-state index is 14.7. The van der Waals surface area contributed by atoms with Crippen LogP contribution in [-0.2, 0) is 20.8 Å². The number of amides is 1. The Kier molecular flexibility index (Phi) is 8.70. The van der Waals surface area contributed by atoms with Crippen molar-refractivity contribution in [3.05, 3.63) is 71.0 Å². The van der Waals surface area contributed by atoms with Crippen LogP contribution in [0, 0.1) is 17.1 Å². The molecule has 1 heterocycles. The van der Waals surface area contributed by atoms with E-state index in [2.05, 4.69) is 15.7 Å². The number of ether oxygens (including phenoxy) is 2. The summed E-state index contributed by atoms with van der Waals surface area (Å²) in [6.45, 7) is 6.84. The number of hydrogen-bond acceptors (Lipinski definition) is 6. The number of nitriles is 1. The lowest BCUT2D eigenvalue weighted by molar-refractivity contribution is -0.134. The molecule has 0 bridgehead atoms. The molecule has 1 fully saturated rings. The van der Waals surface area contributed by atoms with Gasteiger partial charge in [-0.05, 0) is 75.6 Å². The summed E-state index contributed by atoms with van der Waals surface area (Å²) >= 11 is 0. The van der Waals surface area contributed by atoms with Gasteiger partial charge in [-0.25, -0.2) is 14.0 Å². The predicted molar refractivity (Wildman–Crippen MR) is 136 cm³/mol. The van der Waals surface area contributed by atoms with Crippen molar-refractivity contribution in [2.75, 3.05) is 25.1 Å². The van der Waals surface area contributed by atoms with Crippen LogP contribution in [0.3, 0.4) is 0 Å². The van der Waals surface area contributed by atoms with Gasteiger partial charge in [0.15, 0.2) is 0 Å². The molecule has 1 aliphatic rings. The Morgan fingerprint density at radius 1 is 1.17 bits per heavy atom. The van der Waals surface area contributed by atoms with Crippen molar-refractivity contribution in [2.24, 2.45) is 0 Å². The first kappa shape index (κ1) is 26.7. The zero-order valence-corrected chi connectivity index (χ0v) is 21.2. The molecule has 0 spiro atoms. The Labute approximate surface area is 211 Å². The minimum atomic E-state index is -0.562. The molecule has 190 valence electrons. The summed E-state index contributed by atoms with van der Waals surface area (Å²) in [7, 11) is 1.32. The van der Waals surface area contributed by atoms with E-state index in [0.29, 0.717) is 37.1 Å². The highest BCUT2D eigenvalue weighted by Crippen LogP contribution is 2.28. The molecule has 1 saturated heterocycles. The van der Waals surface area contributed by atoms with Gasteiger partial charge in [-0.1, -0.05) is 12.1 Å². The van der Waals surface area contributed by atoms with Crippen molar-refractivity contribution in [3.8, 4) is 6.07 Å². The van der Waals surface area contributed by atoms with Crippen molar-refractivity contribution < 1.29 is 23.5 Å². The minimum Gasteiger partial charge on any atom is -0.466 e. The van der Waals surface area contributed by atoms with Crippen LogP contribution in [0.4, 0.5) is 14.9 Å². The molecule has 0 aliphatic carbocycles. The number of anilines is 1. The first-order valence-corrected chi connectivity index (χ1v) is 11.9. The quantitative estimate of drug-likeness (QED) is 0.402. The number of benzene rings is 2. The third-order valence-corrected chi connectivity index (χ3v) is 5.91. The molecule has 0 saturated carbocycles. The Hall–Kier alpha value is -3.86. The molecule has 1 amide bonds. The second-order valence-electron chi connectivity index (χ2n) is 9.69. The molecule has 0 atom stereocenters. The number of carbonyl (C=O) groups excluding carboxylic acids is 2. The minimum absolute atomic E-state index is 0.0466. The van der Waals surface area contributed by atoms with E-state index in [-0.39, 0.29) is 24.5 Å². The van der Waals surface area contributed by atoms with E-state index in [4.69, 9.17) is 4.74 Å². The number of piperidine rings is 1. The van der Waals surface area contributed by atoms with Crippen molar-refractivity contribution >= 4 is 23.8 Å². The van der Waals surface area contributed by atoms with Crippen LogP contribution in [0.1, 0.15) is 50.3 Å². The first-order valence-electron chi connectivity index (χ1n) is 11.9. The number of esters is 1. The van der Waals surface area contributed by atoms with E-state index in [1.165, 1.54) is 25.3 Å². The number of halogens is 1. The van der Waals surface area contributed by atoms with E-state index in [0.717, 1.165) is 11.3 Å². The third kappa shape index (κ3) is 7.32. The van der Waals surface area contributed by atoms with Crippen LogP contribution in [0.2, 0.25) is 0 Å². The molecule has 2 aromatic rings. The van der Waals surface area contributed by atoms with E-state index < -0.39 is 11.6 Å². The van der Waals surface area contributed by atoms with Gasteiger partial charge in [0, 0.05) is 43.0 Å². The second kappa shape index (κ2) is 11.7. The molecule has 36 heavy (non-hydrogen) atoms. The summed E-state index contributed by atoms with van der Waals surface area (Å²) in [4.78, 5) is 27.7. The van der Waals surface area contributed by atoms with Crippen LogP contribution >= 0.6 is 0 Å². The van der Waals surface area contributed by atoms with Crippen LogP contribution in [0.5, 0.6) is 0 Å². The maximum Gasteiger partial charge on any atom is 0.410 e. The van der Waals surface area contributed by atoms with Gasteiger partial charge in [0.1, 0.15) is 11.4 Å². The number of rotatable bonds is 6. The van der Waals surface area contributed by atoms with E-state index >= 15 is 0 Å². The van der Waals surface area contributed by atoms with Crippen LogP contribution in [0.25, 0.3) is 6.08 Å². The molecule has 1 aliphatic heterocycles. The highest BCUT2D eigenvalue weighted by Gasteiger charge is 2.30. The number of hydrogen-bond donors (Lipinski definition) is 0. The number of carbonyl (C=O) groups is 2. The summed E-state index contributed by atoms with van der Waals surface area (Å²) in [5.41, 5.74) is 1.96. The van der Waals surface area contributed by atoms with Gasteiger partial charge in [-0.15, -0.1) is 0 Å². The molecule has 0 radical (unpaired) electrons. The topological polar surface area (TPSA) is 82.9 Å². The molecular weight excluding hydrogens is 461 g/mol. The normalized spacial score (nSPS) is 14.4. The van der Waals surface area contributed by atoms with Crippen molar-refractivity contribution in [1.82, 2.24) is 4.90 Å². The summed E-state index contributed by atoms with van der Waals surface area (Å²) < 4.78 is 24.8. The lowest BCUT2D eigenvalue weighted by Gasteiger charge is -2.40. The van der Waals surface area contributed by atoms with Crippen molar-refractivity contribution in [2.45, 2.75) is 51.8 Å². The van der Waals surface area contributed by atoms with E-state index in [1.54, 1.807) is 17.0 Å². The van der Waals surface area contributed by atoms with Crippen LogP contribution < -0.4 is 4.90 Å². The van der Waals surface area contributed by atoms with Gasteiger partial charge in [0.25, 0.3) is 0 Å². The van der Waals surface area contributed by atoms with Gasteiger partial charge in [-0.2, -0.15) is 5.26 Å². The average Bonchev–Trinajstić information content (AvgIpc) is 2.86. The molecular formula is C28H32FN3O4. The molecule has 7 nitrogen and oxygen atoms in total. The fraction of sp³-hybridized carbons (Fsp3) is 0.393. The van der Waals surface area contributed by atoms with Crippen LogP contribution in [-0.4, -0.2) is 48.8 Å². The fourth-order valence-corrected chi connectivity index (χ4v) is 4.08. The molecule has 3 rings (SSSR count). The summed E-state index contributed by atoms with van der Waals surface area (Å²) in [6.07, 6.45) is 4.05. The van der Waals surface area contributed by atoms with Crippen LogP contribution in [0.15, 0.2) is 48.5 Å². The van der Waals surface area contributed by atoms with Gasteiger partial charge in [0.2, 0.25) is 0 Å². The monoisotopic (exact) mass is 493 g/mol. The lowest BCUT2D eigenvalue weighted by Crippen LogP contribution is -2.48.